The Labute approximate surface area is 155 Å². The minimum absolute atomic E-state index is 0.234. The minimum atomic E-state index is 0.234. The van der Waals surface area contributed by atoms with Crippen molar-refractivity contribution >= 4 is 0 Å². The van der Waals surface area contributed by atoms with Crippen molar-refractivity contribution in [1.82, 2.24) is 4.90 Å². The molecular weight excluding hydrogens is 330 g/mol. The molecular formula is C21H27NO4. The van der Waals surface area contributed by atoms with E-state index < -0.39 is 0 Å². The molecule has 2 aromatic rings. The van der Waals surface area contributed by atoms with Crippen molar-refractivity contribution in [3.63, 3.8) is 0 Å². The van der Waals surface area contributed by atoms with Crippen LogP contribution in [0, 0.1) is 0 Å². The zero-order chi connectivity index (χ0) is 18.7. The Kier molecular flexibility index (Phi) is 5.57. The number of benzene rings is 2. The van der Waals surface area contributed by atoms with Crippen LogP contribution in [0.4, 0.5) is 0 Å². The number of methoxy groups -OCH3 is 4. The highest BCUT2D eigenvalue weighted by molar-refractivity contribution is 5.51. The molecule has 5 nitrogen and oxygen atoms in total. The average Bonchev–Trinajstić information content (AvgIpc) is 2.68. The number of hydrogen-bond donors (Lipinski definition) is 0. The summed E-state index contributed by atoms with van der Waals surface area (Å²) >= 11 is 0. The second-order valence-corrected chi connectivity index (χ2v) is 6.54. The lowest BCUT2D eigenvalue weighted by molar-refractivity contribution is 0.222. The molecule has 5 heteroatoms. The second-order valence-electron chi connectivity index (χ2n) is 6.54. The first-order valence-electron chi connectivity index (χ1n) is 8.77. The first kappa shape index (κ1) is 18.4. The fourth-order valence-corrected chi connectivity index (χ4v) is 3.69. The number of hydrogen-bond acceptors (Lipinski definition) is 5. The average molecular weight is 357 g/mol. The van der Waals surface area contributed by atoms with E-state index in [0.717, 1.165) is 42.4 Å². The maximum atomic E-state index is 5.70. The number of likely N-dealkylation sites (N-methyl/N-ethyl adjacent to an activating group) is 1. The van der Waals surface area contributed by atoms with Crippen molar-refractivity contribution in [1.29, 1.82) is 0 Å². The molecule has 1 unspecified atom stereocenters. The van der Waals surface area contributed by atoms with Gasteiger partial charge in [0, 0.05) is 24.2 Å². The molecule has 3 rings (SSSR count). The zero-order valence-corrected chi connectivity index (χ0v) is 16.2. The maximum absolute atomic E-state index is 5.70. The molecule has 1 heterocycles. The molecule has 0 aromatic heterocycles. The van der Waals surface area contributed by atoms with Gasteiger partial charge in [0.2, 0.25) is 0 Å². The lowest BCUT2D eigenvalue weighted by atomic mass is 9.88. The Morgan fingerprint density at radius 2 is 1.62 bits per heavy atom. The molecule has 1 atom stereocenters. The highest BCUT2D eigenvalue weighted by Gasteiger charge is 2.29. The summed E-state index contributed by atoms with van der Waals surface area (Å²) < 4.78 is 21.9. The van der Waals surface area contributed by atoms with Gasteiger partial charge in [-0.15, -0.1) is 0 Å². The fourth-order valence-electron chi connectivity index (χ4n) is 3.69. The van der Waals surface area contributed by atoms with E-state index in [9.17, 15) is 0 Å². The van der Waals surface area contributed by atoms with Crippen molar-refractivity contribution < 1.29 is 18.9 Å². The second kappa shape index (κ2) is 7.87. The molecule has 0 bridgehead atoms. The topological polar surface area (TPSA) is 40.2 Å². The number of fused-ring (bicyclic) bond motifs is 1. The number of nitrogens with zero attached hydrogens (tertiary/aromatic N) is 1. The molecule has 0 saturated carbocycles. The van der Waals surface area contributed by atoms with Gasteiger partial charge in [0.25, 0.3) is 0 Å². The smallest absolute Gasteiger partial charge is 0.160 e. The zero-order valence-electron chi connectivity index (χ0n) is 16.2. The summed E-state index contributed by atoms with van der Waals surface area (Å²) in [4.78, 5) is 2.38. The van der Waals surface area contributed by atoms with Gasteiger partial charge < -0.3 is 18.9 Å². The summed E-state index contributed by atoms with van der Waals surface area (Å²) in [5.74, 6) is 3.23. The largest absolute Gasteiger partial charge is 0.497 e. The van der Waals surface area contributed by atoms with Gasteiger partial charge >= 0.3 is 0 Å². The van der Waals surface area contributed by atoms with Crippen molar-refractivity contribution in [3.05, 3.63) is 47.0 Å². The van der Waals surface area contributed by atoms with E-state index in [2.05, 4.69) is 30.1 Å². The molecule has 0 spiro atoms. The minimum Gasteiger partial charge on any atom is -0.497 e. The Bertz CT molecular complexity index is 758. The van der Waals surface area contributed by atoms with Gasteiger partial charge in [0.05, 0.1) is 28.4 Å². The van der Waals surface area contributed by atoms with E-state index in [1.165, 1.54) is 16.7 Å². The predicted octanol–water partition coefficient (Wildman–Crippen LogP) is 3.49. The molecule has 0 N–H and O–H groups in total. The lowest BCUT2D eigenvalue weighted by Crippen LogP contribution is -2.33. The number of rotatable bonds is 6. The number of ether oxygens (including phenoxy) is 4. The summed E-state index contributed by atoms with van der Waals surface area (Å²) in [5.41, 5.74) is 3.74. The SMILES string of the molecule is COc1cc2c(c(OC)c1)C(Cc1ccc(OC)c(OC)c1)N(C)CC2. The Hall–Kier alpha value is -2.40. The van der Waals surface area contributed by atoms with Crippen LogP contribution in [0.5, 0.6) is 23.0 Å². The third kappa shape index (κ3) is 3.44. The molecule has 1 aliphatic heterocycles. The van der Waals surface area contributed by atoms with Gasteiger partial charge in [-0.1, -0.05) is 6.07 Å². The van der Waals surface area contributed by atoms with Crippen LogP contribution < -0.4 is 18.9 Å². The molecule has 26 heavy (non-hydrogen) atoms. The Morgan fingerprint density at radius 1 is 0.885 bits per heavy atom. The summed E-state index contributed by atoms with van der Waals surface area (Å²) in [6.45, 7) is 1.00. The van der Waals surface area contributed by atoms with Crippen LogP contribution in [0.25, 0.3) is 0 Å². The Morgan fingerprint density at radius 3 is 2.27 bits per heavy atom. The molecule has 0 saturated heterocycles. The van der Waals surface area contributed by atoms with Crippen LogP contribution in [0.1, 0.15) is 22.7 Å². The first-order chi connectivity index (χ1) is 12.6. The van der Waals surface area contributed by atoms with E-state index in [1.807, 2.05) is 12.1 Å². The first-order valence-corrected chi connectivity index (χ1v) is 8.77. The maximum Gasteiger partial charge on any atom is 0.160 e. The van der Waals surface area contributed by atoms with Crippen LogP contribution in [-0.2, 0) is 12.8 Å². The van der Waals surface area contributed by atoms with Crippen LogP contribution in [0.2, 0.25) is 0 Å². The van der Waals surface area contributed by atoms with Gasteiger partial charge in [-0.2, -0.15) is 0 Å². The van der Waals surface area contributed by atoms with Gasteiger partial charge in [0.1, 0.15) is 11.5 Å². The van der Waals surface area contributed by atoms with E-state index in [-0.39, 0.29) is 6.04 Å². The van der Waals surface area contributed by atoms with Crippen LogP contribution >= 0.6 is 0 Å². The summed E-state index contributed by atoms with van der Waals surface area (Å²) in [7, 11) is 8.90. The Balaban J connectivity index is 1.99. The van der Waals surface area contributed by atoms with Crippen molar-refractivity contribution in [3.8, 4) is 23.0 Å². The molecule has 0 amide bonds. The van der Waals surface area contributed by atoms with Crippen molar-refractivity contribution in [2.45, 2.75) is 18.9 Å². The quantitative estimate of drug-likeness (QED) is 0.791. The van der Waals surface area contributed by atoms with Crippen molar-refractivity contribution in [2.24, 2.45) is 0 Å². The van der Waals surface area contributed by atoms with Gasteiger partial charge in [-0.3, -0.25) is 4.90 Å². The van der Waals surface area contributed by atoms with Crippen LogP contribution in [0.15, 0.2) is 30.3 Å². The predicted molar refractivity (Wildman–Crippen MR) is 102 cm³/mol. The molecule has 1 aliphatic rings. The van der Waals surface area contributed by atoms with Crippen LogP contribution in [-0.4, -0.2) is 46.9 Å². The van der Waals surface area contributed by atoms with Gasteiger partial charge in [0.15, 0.2) is 11.5 Å². The van der Waals surface area contributed by atoms with E-state index >= 15 is 0 Å². The normalized spacial score (nSPS) is 16.7. The third-order valence-electron chi connectivity index (χ3n) is 5.13. The standard InChI is InChI=1S/C21H27NO4/c1-22-9-8-15-12-16(23-2)13-20(26-5)21(15)17(22)10-14-6-7-18(24-3)19(11-14)25-4/h6-7,11-13,17H,8-10H2,1-5H3. The molecule has 0 radical (unpaired) electrons. The molecule has 2 aromatic carbocycles. The fraction of sp³-hybridized carbons (Fsp3) is 0.429. The molecule has 0 fully saturated rings. The van der Waals surface area contributed by atoms with E-state index in [0.29, 0.717) is 0 Å². The van der Waals surface area contributed by atoms with E-state index in [1.54, 1.807) is 28.4 Å². The molecule has 0 aliphatic carbocycles. The highest BCUT2D eigenvalue weighted by Crippen LogP contribution is 2.41. The summed E-state index contributed by atoms with van der Waals surface area (Å²) in [5, 5.41) is 0. The summed E-state index contributed by atoms with van der Waals surface area (Å²) in [6, 6.07) is 10.4. The highest BCUT2D eigenvalue weighted by atomic mass is 16.5. The monoisotopic (exact) mass is 357 g/mol. The third-order valence-corrected chi connectivity index (χ3v) is 5.13. The van der Waals surface area contributed by atoms with Crippen LogP contribution in [0.3, 0.4) is 0 Å². The molecule has 140 valence electrons. The lowest BCUT2D eigenvalue weighted by Gasteiger charge is -2.36. The summed E-state index contributed by atoms with van der Waals surface area (Å²) in [6.07, 6.45) is 1.86. The van der Waals surface area contributed by atoms with Gasteiger partial charge in [-0.05, 0) is 49.2 Å². The van der Waals surface area contributed by atoms with Crippen molar-refractivity contribution in [2.75, 3.05) is 42.0 Å². The van der Waals surface area contributed by atoms with Gasteiger partial charge in [-0.25, -0.2) is 0 Å². The van der Waals surface area contributed by atoms with E-state index in [4.69, 9.17) is 18.9 Å².